The third-order valence-electron chi connectivity index (χ3n) is 6.93. The van der Waals surface area contributed by atoms with E-state index in [2.05, 4.69) is 47.3 Å². The SMILES string of the molecule is CN(C)Cc1c(OCC2CC2)ccc2c(CCC3CCN(Cc4ccc(Cl)s4)CC3)noc12. The third-order valence-corrected chi connectivity index (χ3v) is 8.14. The fourth-order valence-corrected chi connectivity index (χ4v) is 5.93. The van der Waals surface area contributed by atoms with Gasteiger partial charge in [-0.2, -0.15) is 0 Å². The fraction of sp³-hybridized carbons (Fsp3) is 0.577. The number of benzene rings is 1. The summed E-state index contributed by atoms with van der Waals surface area (Å²) in [6.45, 7) is 4.95. The number of nitrogens with zero attached hydrogens (tertiary/aromatic N) is 3. The molecule has 0 amide bonds. The van der Waals surface area contributed by atoms with Gasteiger partial charge in [0.2, 0.25) is 0 Å². The molecule has 3 aromatic rings. The summed E-state index contributed by atoms with van der Waals surface area (Å²) in [5.74, 6) is 2.43. The van der Waals surface area contributed by atoms with E-state index in [9.17, 15) is 0 Å². The van der Waals surface area contributed by atoms with Crippen LogP contribution in [-0.2, 0) is 19.5 Å². The number of hydrogen-bond acceptors (Lipinski definition) is 6. The zero-order valence-electron chi connectivity index (χ0n) is 19.7. The van der Waals surface area contributed by atoms with Crippen molar-refractivity contribution in [2.24, 2.45) is 11.8 Å². The van der Waals surface area contributed by atoms with Crippen molar-refractivity contribution < 1.29 is 9.26 Å². The van der Waals surface area contributed by atoms with Crippen LogP contribution in [0.1, 0.15) is 48.2 Å². The Morgan fingerprint density at radius 3 is 2.64 bits per heavy atom. The molecule has 33 heavy (non-hydrogen) atoms. The fourth-order valence-electron chi connectivity index (χ4n) is 4.80. The van der Waals surface area contributed by atoms with Gasteiger partial charge >= 0.3 is 0 Å². The number of ether oxygens (including phenoxy) is 1. The molecular weight excluding hydrogens is 454 g/mol. The van der Waals surface area contributed by atoms with Crippen LogP contribution >= 0.6 is 22.9 Å². The Bertz CT molecular complexity index is 1070. The molecule has 1 aliphatic carbocycles. The Labute approximate surface area is 205 Å². The number of piperidine rings is 1. The maximum Gasteiger partial charge on any atom is 0.175 e. The van der Waals surface area contributed by atoms with Crippen molar-refractivity contribution in [3.8, 4) is 5.75 Å². The zero-order chi connectivity index (χ0) is 22.8. The number of hydrogen-bond donors (Lipinski definition) is 0. The van der Waals surface area contributed by atoms with Crippen LogP contribution in [0.3, 0.4) is 0 Å². The van der Waals surface area contributed by atoms with Crippen molar-refractivity contribution in [2.45, 2.75) is 51.6 Å². The molecule has 0 radical (unpaired) electrons. The molecule has 2 aliphatic rings. The highest BCUT2D eigenvalue weighted by molar-refractivity contribution is 7.16. The molecule has 2 fully saturated rings. The molecule has 5 rings (SSSR count). The molecule has 3 heterocycles. The largest absolute Gasteiger partial charge is 0.493 e. The van der Waals surface area contributed by atoms with Crippen molar-refractivity contribution in [1.29, 1.82) is 0 Å². The van der Waals surface area contributed by atoms with Gasteiger partial charge in [-0.1, -0.05) is 16.8 Å². The van der Waals surface area contributed by atoms with Crippen molar-refractivity contribution in [1.82, 2.24) is 15.0 Å². The normalized spacial score (nSPS) is 17.9. The first-order valence-electron chi connectivity index (χ1n) is 12.2. The smallest absolute Gasteiger partial charge is 0.175 e. The Morgan fingerprint density at radius 1 is 1.12 bits per heavy atom. The van der Waals surface area contributed by atoms with Gasteiger partial charge in [0, 0.05) is 23.4 Å². The van der Waals surface area contributed by atoms with Crippen LogP contribution in [0.2, 0.25) is 4.34 Å². The number of aromatic nitrogens is 1. The van der Waals surface area contributed by atoms with Gasteiger partial charge in [0.25, 0.3) is 0 Å². The van der Waals surface area contributed by atoms with E-state index in [-0.39, 0.29) is 0 Å². The molecule has 1 saturated carbocycles. The van der Waals surface area contributed by atoms with E-state index >= 15 is 0 Å². The summed E-state index contributed by atoms with van der Waals surface area (Å²) in [6.07, 6.45) is 7.23. The second-order valence-corrected chi connectivity index (χ2v) is 11.8. The lowest BCUT2D eigenvalue weighted by Gasteiger charge is -2.31. The van der Waals surface area contributed by atoms with Crippen LogP contribution in [-0.4, -0.2) is 48.7 Å². The predicted octanol–water partition coefficient (Wildman–Crippen LogP) is 6.24. The molecular formula is C26H34ClN3O2S. The summed E-state index contributed by atoms with van der Waals surface area (Å²) in [6, 6.07) is 8.43. The number of fused-ring (bicyclic) bond motifs is 1. The average Bonchev–Trinajstić information content (AvgIpc) is 3.40. The molecule has 0 bridgehead atoms. The second kappa shape index (κ2) is 10.3. The summed E-state index contributed by atoms with van der Waals surface area (Å²) in [4.78, 5) is 6.08. The van der Waals surface area contributed by atoms with Gasteiger partial charge in [-0.25, -0.2) is 0 Å². The Morgan fingerprint density at radius 2 is 1.94 bits per heavy atom. The lowest BCUT2D eigenvalue weighted by Crippen LogP contribution is -2.33. The molecule has 5 nitrogen and oxygen atoms in total. The van der Waals surface area contributed by atoms with Crippen LogP contribution in [0.4, 0.5) is 0 Å². The highest BCUT2D eigenvalue weighted by atomic mass is 35.5. The van der Waals surface area contributed by atoms with Gasteiger partial charge in [-0.3, -0.25) is 4.90 Å². The molecule has 0 N–H and O–H groups in total. The summed E-state index contributed by atoms with van der Waals surface area (Å²) < 4.78 is 12.9. The zero-order valence-corrected chi connectivity index (χ0v) is 21.3. The predicted molar refractivity (Wildman–Crippen MR) is 135 cm³/mol. The van der Waals surface area contributed by atoms with E-state index in [0.717, 1.165) is 83.4 Å². The van der Waals surface area contributed by atoms with Gasteiger partial charge in [-0.05, 0) is 102 Å². The van der Waals surface area contributed by atoms with E-state index in [1.807, 2.05) is 6.07 Å². The quantitative estimate of drug-likeness (QED) is 0.338. The standard InChI is InChI=1S/C26H34ClN3O2S/c1-29(2)16-22-24(31-17-19-3-4-19)9-7-21-23(28-32-26(21)22)8-5-18-11-13-30(14-12-18)15-20-6-10-25(27)33-20/h6-7,9-10,18-19H,3-5,8,11-17H2,1-2H3. The monoisotopic (exact) mass is 487 g/mol. The van der Waals surface area contributed by atoms with Crippen LogP contribution < -0.4 is 4.74 Å². The molecule has 7 heteroatoms. The number of rotatable bonds is 10. The highest BCUT2D eigenvalue weighted by Gasteiger charge is 2.25. The summed E-state index contributed by atoms with van der Waals surface area (Å²) in [7, 11) is 4.17. The first-order valence-corrected chi connectivity index (χ1v) is 13.4. The average molecular weight is 488 g/mol. The lowest BCUT2D eigenvalue weighted by atomic mass is 9.91. The van der Waals surface area contributed by atoms with Crippen LogP contribution in [0.15, 0.2) is 28.8 Å². The maximum absolute atomic E-state index is 6.16. The molecule has 1 aliphatic heterocycles. The molecule has 1 aromatic carbocycles. The molecule has 2 aromatic heterocycles. The second-order valence-electron chi connectivity index (χ2n) is 10.0. The highest BCUT2D eigenvalue weighted by Crippen LogP contribution is 2.35. The Balaban J connectivity index is 1.19. The lowest BCUT2D eigenvalue weighted by molar-refractivity contribution is 0.173. The number of halogens is 1. The number of aryl methyl sites for hydroxylation is 1. The van der Waals surface area contributed by atoms with E-state index in [1.54, 1.807) is 11.3 Å². The molecule has 1 saturated heterocycles. The van der Waals surface area contributed by atoms with Crippen LogP contribution in [0.5, 0.6) is 5.75 Å². The van der Waals surface area contributed by atoms with Gasteiger partial charge in [-0.15, -0.1) is 11.3 Å². The number of likely N-dealkylation sites (tertiary alicyclic amines) is 1. The van der Waals surface area contributed by atoms with Crippen LogP contribution in [0.25, 0.3) is 11.0 Å². The van der Waals surface area contributed by atoms with Crippen molar-refractivity contribution >= 4 is 33.9 Å². The van der Waals surface area contributed by atoms with Gasteiger partial charge in [0.15, 0.2) is 5.58 Å². The van der Waals surface area contributed by atoms with Gasteiger partial charge < -0.3 is 14.2 Å². The van der Waals surface area contributed by atoms with Crippen molar-refractivity contribution in [3.05, 3.63) is 44.7 Å². The van der Waals surface area contributed by atoms with Crippen molar-refractivity contribution in [2.75, 3.05) is 33.8 Å². The minimum Gasteiger partial charge on any atom is -0.493 e. The first kappa shape index (κ1) is 23.2. The van der Waals surface area contributed by atoms with Crippen LogP contribution in [0, 0.1) is 11.8 Å². The van der Waals surface area contributed by atoms with Gasteiger partial charge in [0.1, 0.15) is 5.75 Å². The molecule has 0 unspecified atom stereocenters. The Kier molecular flexibility index (Phi) is 7.26. The molecule has 0 atom stereocenters. The first-order chi connectivity index (χ1) is 16.0. The topological polar surface area (TPSA) is 41.7 Å². The minimum atomic E-state index is 0.729. The van der Waals surface area contributed by atoms with E-state index in [1.165, 1.54) is 37.0 Å². The molecule has 0 spiro atoms. The minimum absolute atomic E-state index is 0.729. The van der Waals surface area contributed by atoms with E-state index in [0.29, 0.717) is 0 Å². The number of thiophene rings is 1. The third kappa shape index (κ3) is 5.91. The molecule has 178 valence electrons. The Hall–Kier alpha value is -1.60. The summed E-state index contributed by atoms with van der Waals surface area (Å²) in [5, 5.41) is 5.65. The van der Waals surface area contributed by atoms with Gasteiger partial charge in [0.05, 0.1) is 22.2 Å². The van der Waals surface area contributed by atoms with E-state index in [4.69, 9.17) is 20.9 Å². The summed E-state index contributed by atoms with van der Waals surface area (Å²) >= 11 is 7.78. The summed E-state index contributed by atoms with van der Waals surface area (Å²) in [5.41, 5.74) is 3.12. The maximum atomic E-state index is 6.16. The van der Waals surface area contributed by atoms with E-state index < -0.39 is 0 Å². The van der Waals surface area contributed by atoms with Crippen molar-refractivity contribution in [3.63, 3.8) is 0 Å².